The van der Waals surface area contributed by atoms with Gasteiger partial charge in [0.25, 0.3) is 0 Å². The highest BCUT2D eigenvalue weighted by Gasteiger charge is 2.02. The van der Waals surface area contributed by atoms with Crippen LogP contribution >= 0.6 is 12.6 Å². The summed E-state index contributed by atoms with van der Waals surface area (Å²) in [6.07, 6.45) is 2.43. The van der Waals surface area contributed by atoms with Crippen LogP contribution in [0.25, 0.3) is 0 Å². The molecule has 0 amide bonds. The van der Waals surface area contributed by atoms with Crippen LogP contribution in [0.3, 0.4) is 0 Å². The van der Waals surface area contributed by atoms with E-state index < -0.39 is 0 Å². The minimum absolute atomic E-state index is 0.992. The Morgan fingerprint density at radius 3 is 2.33 bits per heavy atom. The third-order valence-electron chi connectivity index (χ3n) is 2.62. The second-order valence-corrected chi connectivity index (χ2v) is 4.29. The maximum Gasteiger partial charge on any atom is 0.0366 e. The summed E-state index contributed by atoms with van der Waals surface area (Å²) in [7, 11) is 0. The van der Waals surface area contributed by atoms with E-state index in [4.69, 9.17) is 0 Å². The number of hydrogen-bond donors (Lipinski definition) is 1. The second-order valence-electron chi connectivity index (χ2n) is 3.85. The van der Waals surface area contributed by atoms with Gasteiger partial charge in [0.15, 0.2) is 0 Å². The zero-order valence-corrected chi connectivity index (χ0v) is 10.6. The molecule has 0 aliphatic heterocycles. The van der Waals surface area contributed by atoms with E-state index in [1.807, 2.05) is 0 Å². The van der Waals surface area contributed by atoms with E-state index >= 15 is 0 Å². The molecule has 0 atom stereocenters. The Kier molecular flexibility index (Phi) is 5.62. The molecule has 1 aromatic rings. The van der Waals surface area contributed by atoms with Crippen LogP contribution in [-0.2, 0) is 0 Å². The van der Waals surface area contributed by atoms with Crippen molar-refractivity contribution in [3.8, 4) is 0 Å². The minimum Gasteiger partial charge on any atom is -0.372 e. The molecule has 0 saturated heterocycles. The average molecular weight is 223 g/mol. The molecular weight excluding hydrogens is 202 g/mol. The molecule has 0 aliphatic carbocycles. The number of rotatable bonds is 6. The molecule has 1 nitrogen and oxygen atoms in total. The van der Waals surface area contributed by atoms with Gasteiger partial charge in [-0.15, -0.1) is 0 Å². The fourth-order valence-corrected chi connectivity index (χ4v) is 1.86. The predicted molar refractivity (Wildman–Crippen MR) is 72.2 cm³/mol. The van der Waals surface area contributed by atoms with E-state index in [-0.39, 0.29) is 0 Å². The van der Waals surface area contributed by atoms with Crippen molar-refractivity contribution in [3.63, 3.8) is 0 Å². The van der Waals surface area contributed by atoms with Crippen LogP contribution in [0.2, 0.25) is 0 Å². The zero-order chi connectivity index (χ0) is 11.1. The van der Waals surface area contributed by atoms with Crippen LogP contribution in [0.5, 0.6) is 0 Å². The maximum atomic E-state index is 4.23. The van der Waals surface area contributed by atoms with Crippen LogP contribution in [0.15, 0.2) is 24.3 Å². The average Bonchev–Trinajstić information content (AvgIpc) is 2.26. The standard InChI is InChI=1S/C13H21NS/c1-3-14(10-4-5-11-15)13-8-6-12(2)7-9-13/h6-9,15H,3-5,10-11H2,1-2H3. The number of hydrogen-bond acceptors (Lipinski definition) is 2. The molecule has 0 aromatic heterocycles. The van der Waals surface area contributed by atoms with E-state index in [1.165, 1.54) is 24.1 Å². The van der Waals surface area contributed by atoms with E-state index in [9.17, 15) is 0 Å². The van der Waals surface area contributed by atoms with Gasteiger partial charge >= 0.3 is 0 Å². The summed E-state index contributed by atoms with van der Waals surface area (Å²) in [6.45, 7) is 6.55. The molecule has 0 bridgehead atoms. The van der Waals surface area contributed by atoms with Gasteiger partial charge in [0.1, 0.15) is 0 Å². The number of unbranched alkanes of at least 4 members (excludes halogenated alkanes) is 1. The molecule has 0 heterocycles. The zero-order valence-electron chi connectivity index (χ0n) is 9.74. The van der Waals surface area contributed by atoms with Crippen molar-refractivity contribution in [1.82, 2.24) is 0 Å². The molecule has 0 spiro atoms. The summed E-state index contributed by atoms with van der Waals surface area (Å²) in [5.41, 5.74) is 2.66. The van der Waals surface area contributed by atoms with Gasteiger partial charge in [-0.1, -0.05) is 17.7 Å². The van der Waals surface area contributed by atoms with Gasteiger partial charge in [0.2, 0.25) is 0 Å². The monoisotopic (exact) mass is 223 g/mol. The maximum absolute atomic E-state index is 4.23. The van der Waals surface area contributed by atoms with Crippen LogP contribution < -0.4 is 4.90 Å². The molecule has 0 fully saturated rings. The van der Waals surface area contributed by atoms with Gasteiger partial charge in [0, 0.05) is 18.8 Å². The Bertz CT molecular complexity index is 268. The van der Waals surface area contributed by atoms with E-state index in [0.717, 1.165) is 18.8 Å². The summed E-state index contributed by atoms with van der Waals surface area (Å²) in [6, 6.07) is 8.77. The predicted octanol–water partition coefficient (Wildman–Crippen LogP) is 3.53. The Balaban J connectivity index is 2.53. The smallest absolute Gasteiger partial charge is 0.0366 e. The highest BCUT2D eigenvalue weighted by molar-refractivity contribution is 7.80. The van der Waals surface area contributed by atoms with Crippen molar-refractivity contribution >= 4 is 18.3 Å². The molecule has 15 heavy (non-hydrogen) atoms. The summed E-state index contributed by atoms with van der Waals surface area (Å²) in [5, 5.41) is 0. The Hall–Kier alpha value is -0.630. The first-order chi connectivity index (χ1) is 7.27. The first-order valence-corrected chi connectivity index (χ1v) is 6.33. The van der Waals surface area contributed by atoms with Crippen molar-refractivity contribution < 1.29 is 0 Å². The molecule has 0 aliphatic rings. The van der Waals surface area contributed by atoms with Gasteiger partial charge < -0.3 is 4.90 Å². The van der Waals surface area contributed by atoms with Crippen LogP contribution in [0.4, 0.5) is 5.69 Å². The van der Waals surface area contributed by atoms with Crippen molar-refractivity contribution in [2.75, 3.05) is 23.7 Å². The largest absolute Gasteiger partial charge is 0.372 e. The molecule has 84 valence electrons. The van der Waals surface area contributed by atoms with Gasteiger partial charge in [0.05, 0.1) is 0 Å². The lowest BCUT2D eigenvalue weighted by Gasteiger charge is -2.23. The number of anilines is 1. The second kappa shape index (κ2) is 6.78. The molecule has 0 radical (unpaired) electrons. The molecule has 0 unspecified atom stereocenters. The molecule has 0 N–H and O–H groups in total. The first-order valence-electron chi connectivity index (χ1n) is 5.70. The normalized spacial score (nSPS) is 10.3. The summed E-state index contributed by atoms with van der Waals surface area (Å²) < 4.78 is 0. The molecule has 1 rings (SSSR count). The molecule has 0 saturated carbocycles. The highest BCUT2D eigenvalue weighted by Crippen LogP contribution is 2.15. The van der Waals surface area contributed by atoms with Gasteiger partial charge in [-0.25, -0.2) is 0 Å². The third kappa shape index (κ3) is 4.17. The summed E-state index contributed by atoms with van der Waals surface area (Å²) in [5.74, 6) is 0.992. The number of nitrogens with zero attached hydrogens (tertiary/aromatic N) is 1. The Labute approximate surface area is 98.9 Å². The summed E-state index contributed by atoms with van der Waals surface area (Å²) >= 11 is 4.23. The van der Waals surface area contributed by atoms with Crippen LogP contribution in [0, 0.1) is 6.92 Å². The fourth-order valence-electron chi connectivity index (χ4n) is 1.64. The Morgan fingerprint density at radius 2 is 1.80 bits per heavy atom. The topological polar surface area (TPSA) is 3.24 Å². The van der Waals surface area contributed by atoms with E-state index in [2.05, 4.69) is 55.6 Å². The van der Waals surface area contributed by atoms with Crippen molar-refractivity contribution in [2.45, 2.75) is 26.7 Å². The lowest BCUT2D eigenvalue weighted by Crippen LogP contribution is -2.23. The van der Waals surface area contributed by atoms with Gasteiger partial charge in [-0.3, -0.25) is 0 Å². The fraction of sp³-hybridized carbons (Fsp3) is 0.538. The van der Waals surface area contributed by atoms with Crippen LogP contribution in [0.1, 0.15) is 25.3 Å². The van der Waals surface area contributed by atoms with E-state index in [1.54, 1.807) is 0 Å². The lowest BCUT2D eigenvalue weighted by molar-refractivity contribution is 0.737. The first kappa shape index (κ1) is 12.4. The highest BCUT2D eigenvalue weighted by atomic mass is 32.1. The lowest BCUT2D eigenvalue weighted by atomic mass is 10.2. The van der Waals surface area contributed by atoms with Gasteiger partial charge in [-0.2, -0.15) is 12.6 Å². The SMILES string of the molecule is CCN(CCCCS)c1ccc(C)cc1. The van der Waals surface area contributed by atoms with Crippen LogP contribution in [-0.4, -0.2) is 18.8 Å². The Morgan fingerprint density at radius 1 is 1.13 bits per heavy atom. The molecule has 2 heteroatoms. The summed E-state index contributed by atoms with van der Waals surface area (Å²) in [4.78, 5) is 2.42. The van der Waals surface area contributed by atoms with Crippen molar-refractivity contribution in [3.05, 3.63) is 29.8 Å². The van der Waals surface area contributed by atoms with E-state index in [0.29, 0.717) is 0 Å². The molecular formula is C13H21NS. The number of benzene rings is 1. The van der Waals surface area contributed by atoms with Gasteiger partial charge in [-0.05, 0) is 44.6 Å². The quantitative estimate of drug-likeness (QED) is 0.570. The molecule has 1 aromatic carbocycles. The number of aryl methyl sites for hydroxylation is 1. The minimum atomic E-state index is 0.992. The van der Waals surface area contributed by atoms with Crippen molar-refractivity contribution in [2.24, 2.45) is 0 Å². The van der Waals surface area contributed by atoms with Crippen molar-refractivity contribution in [1.29, 1.82) is 0 Å². The third-order valence-corrected chi connectivity index (χ3v) is 2.93. The number of thiol groups is 1.